The van der Waals surface area contributed by atoms with Gasteiger partial charge in [-0.3, -0.25) is 10.2 Å². The molecule has 4 aromatic rings. The Morgan fingerprint density at radius 1 is 0.979 bits per heavy atom. The zero-order chi connectivity index (χ0) is 33.3. The number of halogens is 4. The summed E-state index contributed by atoms with van der Waals surface area (Å²) in [4.78, 5) is 19.2. The molecule has 0 aliphatic carbocycles. The zero-order valence-electron chi connectivity index (χ0n) is 25.2. The molecule has 1 heterocycles. The number of alkyl halides is 3. The van der Waals surface area contributed by atoms with Crippen LogP contribution in [0.15, 0.2) is 119 Å². The first-order chi connectivity index (χ1) is 22.7. The molecule has 0 spiro atoms. The summed E-state index contributed by atoms with van der Waals surface area (Å²) in [5, 5.41) is 9.04. The molecule has 4 aromatic carbocycles. The molecule has 0 saturated heterocycles. The van der Waals surface area contributed by atoms with E-state index in [1.807, 2.05) is 66.7 Å². The van der Waals surface area contributed by atoms with Crippen LogP contribution in [0.3, 0.4) is 0 Å². The quantitative estimate of drug-likeness (QED) is 0.0995. The van der Waals surface area contributed by atoms with Crippen LogP contribution in [0.4, 0.5) is 13.2 Å². The SMILES string of the molecule is O=C(NNCc1ccc(C(F)(F)F)cc1)[C@@]1(C/C=C/c2ccccc2)N=C(c2ccc(OCCCO)cc2)O[C@H]1c1ccc(Br)cc1. The summed E-state index contributed by atoms with van der Waals surface area (Å²) < 4.78 is 52.1. The van der Waals surface area contributed by atoms with Crippen LogP contribution < -0.4 is 15.6 Å². The Kier molecular flexibility index (Phi) is 11.1. The first kappa shape index (κ1) is 33.9. The van der Waals surface area contributed by atoms with Crippen LogP contribution in [0.2, 0.25) is 0 Å². The molecule has 3 N–H and O–H groups in total. The number of nitrogens with one attached hydrogen (secondary N) is 2. The van der Waals surface area contributed by atoms with Crippen molar-refractivity contribution in [2.75, 3.05) is 13.2 Å². The molecule has 1 aliphatic heterocycles. The standard InChI is InChI=1S/C36H33BrF3N3O4/c37-30-17-11-27(12-18-30)32-35(21-4-8-25-6-2-1-3-7-25,34(45)43-41-24-26-9-15-29(16-10-26)36(38,39)40)42-33(47-32)28-13-19-31(20-14-28)46-23-5-22-44/h1-4,6-20,32,41,44H,5,21-24H2,(H,43,45)/b8-4+/t32-,35-/m0/s1. The van der Waals surface area contributed by atoms with Gasteiger partial charge in [-0.05, 0) is 65.2 Å². The number of rotatable bonds is 13. The summed E-state index contributed by atoms with van der Waals surface area (Å²) in [5.41, 5.74) is 6.26. The number of aliphatic hydroxyl groups excluding tert-OH is 1. The van der Waals surface area contributed by atoms with Gasteiger partial charge in [0.15, 0.2) is 11.6 Å². The minimum Gasteiger partial charge on any atom is -0.494 e. The third kappa shape index (κ3) is 8.68. The topological polar surface area (TPSA) is 92.2 Å². The van der Waals surface area contributed by atoms with Gasteiger partial charge in [0.05, 0.1) is 12.2 Å². The molecule has 7 nitrogen and oxygen atoms in total. The highest BCUT2D eigenvalue weighted by Gasteiger charge is 2.52. The molecule has 0 fully saturated rings. The largest absolute Gasteiger partial charge is 0.494 e. The second-order valence-corrected chi connectivity index (χ2v) is 11.8. The molecule has 0 unspecified atom stereocenters. The third-order valence-corrected chi connectivity index (χ3v) is 8.05. The average molecular weight is 709 g/mol. The van der Waals surface area contributed by atoms with Gasteiger partial charge in [-0.15, -0.1) is 0 Å². The number of amides is 1. The Bertz CT molecular complexity index is 1680. The lowest BCUT2D eigenvalue weighted by molar-refractivity contribution is -0.137. The van der Waals surface area contributed by atoms with Crippen molar-refractivity contribution < 1.29 is 32.5 Å². The number of nitrogens with zero attached hydrogens (tertiary/aromatic N) is 1. The summed E-state index contributed by atoms with van der Waals surface area (Å²) in [6.07, 6.45) is -0.789. The third-order valence-electron chi connectivity index (χ3n) is 7.52. The Morgan fingerprint density at radius 3 is 2.34 bits per heavy atom. The lowest BCUT2D eigenvalue weighted by Gasteiger charge is -2.30. The van der Waals surface area contributed by atoms with E-state index in [-0.39, 0.29) is 25.5 Å². The lowest BCUT2D eigenvalue weighted by Crippen LogP contribution is -2.52. The van der Waals surface area contributed by atoms with Gasteiger partial charge in [0, 0.05) is 36.0 Å². The van der Waals surface area contributed by atoms with E-state index >= 15 is 0 Å². The first-order valence-corrected chi connectivity index (χ1v) is 15.7. The molecule has 1 amide bonds. The van der Waals surface area contributed by atoms with Gasteiger partial charge in [0.25, 0.3) is 5.91 Å². The summed E-state index contributed by atoms with van der Waals surface area (Å²) >= 11 is 3.47. The van der Waals surface area contributed by atoms with E-state index < -0.39 is 29.3 Å². The van der Waals surface area contributed by atoms with Crippen LogP contribution in [0.25, 0.3) is 6.08 Å². The van der Waals surface area contributed by atoms with Crippen molar-refractivity contribution in [2.45, 2.75) is 37.2 Å². The summed E-state index contributed by atoms with van der Waals surface area (Å²) in [5.74, 6) is 0.410. The van der Waals surface area contributed by atoms with Gasteiger partial charge in [-0.25, -0.2) is 10.4 Å². The Hall–Kier alpha value is -4.45. The molecular weight excluding hydrogens is 675 g/mol. The fourth-order valence-corrected chi connectivity index (χ4v) is 5.30. The molecule has 47 heavy (non-hydrogen) atoms. The maximum absolute atomic E-state index is 14.2. The Morgan fingerprint density at radius 2 is 1.68 bits per heavy atom. The van der Waals surface area contributed by atoms with Gasteiger partial charge in [0.2, 0.25) is 5.90 Å². The van der Waals surface area contributed by atoms with E-state index in [1.165, 1.54) is 12.1 Å². The van der Waals surface area contributed by atoms with Gasteiger partial charge >= 0.3 is 6.18 Å². The number of aliphatic hydroxyl groups is 1. The van der Waals surface area contributed by atoms with E-state index in [0.29, 0.717) is 29.9 Å². The number of carbonyl (C=O) groups is 1. The highest BCUT2D eigenvalue weighted by molar-refractivity contribution is 9.10. The minimum atomic E-state index is -4.44. The second kappa shape index (κ2) is 15.4. The van der Waals surface area contributed by atoms with Gasteiger partial charge in [-0.1, -0.05) is 82.7 Å². The van der Waals surface area contributed by atoms with E-state index in [2.05, 4.69) is 26.8 Å². The van der Waals surface area contributed by atoms with Crippen molar-refractivity contribution >= 4 is 33.8 Å². The Labute approximate surface area is 279 Å². The van der Waals surface area contributed by atoms with E-state index in [0.717, 1.165) is 27.7 Å². The fourth-order valence-electron chi connectivity index (χ4n) is 5.04. The lowest BCUT2D eigenvalue weighted by atomic mass is 9.84. The predicted molar refractivity (Wildman–Crippen MR) is 177 cm³/mol. The van der Waals surface area contributed by atoms with Crippen LogP contribution in [-0.2, 0) is 22.3 Å². The molecule has 0 radical (unpaired) electrons. The van der Waals surface area contributed by atoms with Gasteiger partial charge in [-0.2, -0.15) is 13.2 Å². The number of aliphatic imine (C=N–C) groups is 1. The van der Waals surface area contributed by atoms with Crippen molar-refractivity contribution in [1.29, 1.82) is 0 Å². The maximum Gasteiger partial charge on any atom is 0.416 e. The predicted octanol–water partition coefficient (Wildman–Crippen LogP) is 7.41. The molecule has 11 heteroatoms. The first-order valence-electron chi connectivity index (χ1n) is 14.9. The van der Waals surface area contributed by atoms with E-state index in [4.69, 9.17) is 19.6 Å². The molecule has 2 atom stereocenters. The normalized spacial score (nSPS) is 17.7. The maximum atomic E-state index is 14.2. The highest BCUT2D eigenvalue weighted by Crippen LogP contribution is 2.43. The molecule has 0 saturated carbocycles. The van der Waals surface area contributed by atoms with Crippen LogP contribution in [0, 0.1) is 0 Å². The zero-order valence-corrected chi connectivity index (χ0v) is 26.8. The average Bonchev–Trinajstić information content (AvgIpc) is 3.46. The van der Waals surface area contributed by atoms with Crippen molar-refractivity contribution in [3.63, 3.8) is 0 Å². The number of ether oxygens (including phenoxy) is 2. The van der Waals surface area contributed by atoms with Gasteiger partial charge < -0.3 is 14.6 Å². The highest BCUT2D eigenvalue weighted by atomic mass is 79.9. The molecule has 1 aliphatic rings. The van der Waals surface area contributed by atoms with E-state index in [1.54, 1.807) is 24.3 Å². The van der Waals surface area contributed by atoms with Crippen LogP contribution in [0.1, 0.15) is 46.8 Å². The van der Waals surface area contributed by atoms with Crippen LogP contribution in [-0.4, -0.2) is 35.7 Å². The smallest absolute Gasteiger partial charge is 0.416 e. The molecule has 0 aromatic heterocycles. The minimum absolute atomic E-state index is 0.0300. The number of hydrazine groups is 1. The fraction of sp³-hybridized carbons (Fsp3) is 0.222. The second-order valence-electron chi connectivity index (χ2n) is 10.9. The van der Waals surface area contributed by atoms with Crippen molar-refractivity contribution in [1.82, 2.24) is 10.9 Å². The number of benzene rings is 4. The molecule has 244 valence electrons. The van der Waals surface area contributed by atoms with Crippen LogP contribution >= 0.6 is 15.9 Å². The monoisotopic (exact) mass is 707 g/mol. The summed E-state index contributed by atoms with van der Waals surface area (Å²) in [7, 11) is 0. The van der Waals surface area contributed by atoms with E-state index in [9.17, 15) is 18.0 Å². The van der Waals surface area contributed by atoms with Crippen molar-refractivity contribution in [3.05, 3.63) is 141 Å². The van der Waals surface area contributed by atoms with Gasteiger partial charge in [0.1, 0.15) is 5.75 Å². The summed E-state index contributed by atoms with van der Waals surface area (Å²) in [6, 6.07) is 29.0. The molecule has 0 bridgehead atoms. The summed E-state index contributed by atoms with van der Waals surface area (Å²) in [6.45, 7) is 0.482. The van der Waals surface area contributed by atoms with Crippen LogP contribution in [0.5, 0.6) is 5.75 Å². The Balaban J connectivity index is 1.45. The molecule has 5 rings (SSSR count). The number of hydrogen-bond acceptors (Lipinski definition) is 6. The van der Waals surface area contributed by atoms with Crippen molar-refractivity contribution in [2.24, 2.45) is 4.99 Å². The molecular formula is C36H33BrF3N3O4. The number of carbonyl (C=O) groups excluding carboxylic acids is 1. The number of hydrogen-bond donors (Lipinski definition) is 3. The van der Waals surface area contributed by atoms with Crippen molar-refractivity contribution in [3.8, 4) is 5.75 Å².